The maximum Gasteiger partial charge on any atom is 0.498 e. The van der Waals surface area contributed by atoms with Crippen LogP contribution in [0.5, 0.6) is 5.75 Å². The zero-order chi connectivity index (χ0) is 32.9. The topological polar surface area (TPSA) is 107 Å². The molecule has 0 aromatic heterocycles. The SMILES string of the molecule is CC1(C)OB(c2ccc(CC(NC(=O)c3c(F)cc(N4CCOCC4C(F)(F)F)cc3F)C(=O)O)c3c2OCCC3)OC1(C)C. The van der Waals surface area contributed by atoms with Crippen molar-refractivity contribution in [1.82, 2.24) is 5.32 Å². The quantitative estimate of drug-likeness (QED) is 0.348. The Morgan fingerprint density at radius 3 is 2.33 bits per heavy atom. The van der Waals surface area contributed by atoms with E-state index in [9.17, 15) is 27.9 Å². The minimum absolute atomic E-state index is 0.0925. The molecule has 0 radical (unpaired) electrons. The van der Waals surface area contributed by atoms with Gasteiger partial charge in [-0.05, 0) is 63.8 Å². The third-order valence-corrected chi connectivity index (χ3v) is 8.83. The number of nitrogens with zero attached hydrogens (tertiary/aromatic N) is 1. The molecule has 0 aliphatic carbocycles. The van der Waals surface area contributed by atoms with Crippen LogP contribution < -0.4 is 20.4 Å². The first-order chi connectivity index (χ1) is 21.0. The number of hydrogen-bond acceptors (Lipinski definition) is 7. The lowest BCUT2D eigenvalue weighted by molar-refractivity contribution is -0.167. The second-order valence-corrected chi connectivity index (χ2v) is 12.3. The number of ether oxygens (including phenoxy) is 2. The Labute approximate surface area is 257 Å². The highest BCUT2D eigenvalue weighted by molar-refractivity contribution is 6.63. The van der Waals surface area contributed by atoms with Crippen molar-refractivity contribution in [2.24, 2.45) is 0 Å². The average Bonchev–Trinajstić information content (AvgIpc) is 3.17. The maximum atomic E-state index is 15.1. The van der Waals surface area contributed by atoms with E-state index in [2.05, 4.69) is 5.32 Å². The van der Waals surface area contributed by atoms with Crippen LogP contribution in [-0.2, 0) is 31.7 Å². The summed E-state index contributed by atoms with van der Waals surface area (Å²) in [6, 6.07) is 0.914. The van der Waals surface area contributed by atoms with Crippen LogP contribution in [0.15, 0.2) is 24.3 Å². The maximum absolute atomic E-state index is 15.1. The molecule has 3 aliphatic rings. The molecule has 244 valence electrons. The number of fused-ring (bicyclic) bond motifs is 1. The summed E-state index contributed by atoms with van der Waals surface area (Å²) in [6.45, 7) is 6.98. The number of carboxylic acid groups (broad SMARTS) is 1. The van der Waals surface area contributed by atoms with Crippen molar-refractivity contribution in [3.8, 4) is 5.75 Å². The summed E-state index contributed by atoms with van der Waals surface area (Å²) in [7, 11) is -0.733. The third-order valence-electron chi connectivity index (χ3n) is 8.83. The van der Waals surface area contributed by atoms with Crippen molar-refractivity contribution in [2.75, 3.05) is 31.3 Å². The summed E-state index contributed by atoms with van der Waals surface area (Å²) in [5.74, 6) is -5.19. The molecule has 15 heteroatoms. The van der Waals surface area contributed by atoms with Crippen molar-refractivity contribution in [1.29, 1.82) is 0 Å². The molecule has 9 nitrogen and oxygen atoms in total. The Bertz CT molecular complexity index is 1450. The van der Waals surface area contributed by atoms with Gasteiger partial charge in [-0.3, -0.25) is 4.79 Å². The Morgan fingerprint density at radius 2 is 1.73 bits per heavy atom. The van der Waals surface area contributed by atoms with Gasteiger partial charge < -0.3 is 34.1 Å². The van der Waals surface area contributed by atoms with Crippen molar-refractivity contribution in [3.63, 3.8) is 0 Å². The van der Waals surface area contributed by atoms with Gasteiger partial charge in [-0.15, -0.1) is 0 Å². The summed E-state index contributed by atoms with van der Waals surface area (Å²) in [6.07, 6.45) is -3.77. The smallest absolute Gasteiger partial charge is 0.494 e. The summed E-state index contributed by atoms with van der Waals surface area (Å²) in [4.78, 5) is 26.0. The second-order valence-electron chi connectivity index (χ2n) is 12.3. The van der Waals surface area contributed by atoms with Crippen LogP contribution in [0.1, 0.15) is 55.6 Å². The zero-order valence-electron chi connectivity index (χ0n) is 25.2. The third kappa shape index (κ3) is 6.47. The zero-order valence-corrected chi connectivity index (χ0v) is 25.2. The van der Waals surface area contributed by atoms with E-state index < -0.39 is 77.9 Å². The van der Waals surface area contributed by atoms with Gasteiger partial charge in [0.15, 0.2) is 0 Å². The van der Waals surface area contributed by atoms with E-state index in [-0.39, 0.29) is 19.6 Å². The molecular formula is C30H34BF5N2O7. The standard InChI is InChI=1S/C30H34BF5N2O7/c1-28(2)29(3,4)45-31(44-28)19-8-7-16(18-6-5-10-43-25(18)19)12-22(27(40)41)37-26(39)24-20(32)13-17(14-21(24)33)38-9-11-42-15-23(38)30(34,35)36/h7-8,13-14,22-23H,5-6,9-12,15H2,1-4H3,(H,37,39)(H,40,41). The fourth-order valence-electron chi connectivity index (χ4n) is 5.68. The van der Waals surface area contributed by atoms with Crippen LogP contribution in [0.25, 0.3) is 0 Å². The molecular weight excluding hydrogens is 606 g/mol. The summed E-state index contributed by atoms with van der Waals surface area (Å²) in [5.41, 5.74) is -0.859. The molecule has 3 heterocycles. The van der Waals surface area contributed by atoms with E-state index >= 15 is 8.78 Å². The largest absolute Gasteiger partial charge is 0.498 e. The number of aliphatic carboxylic acids is 1. The summed E-state index contributed by atoms with van der Waals surface area (Å²) >= 11 is 0. The van der Waals surface area contributed by atoms with E-state index in [1.54, 1.807) is 12.1 Å². The lowest BCUT2D eigenvalue weighted by Gasteiger charge is -2.38. The first kappa shape index (κ1) is 33.0. The number of carbonyl (C=O) groups is 2. The van der Waals surface area contributed by atoms with Gasteiger partial charge in [0.2, 0.25) is 0 Å². The number of benzene rings is 2. The normalized spacial score (nSPS) is 21.6. The number of amides is 1. The molecule has 0 saturated carbocycles. The molecule has 5 rings (SSSR count). The molecule has 0 bridgehead atoms. The van der Waals surface area contributed by atoms with Gasteiger partial charge in [0, 0.05) is 24.1 Å². The first-order valence-electron chi connectivity index (χ1n) is 14.6. The Balaban J connectivity index is 1.38. The molecule has 3 aliphatic heterocycles. The molecule has 45 heavy (non-hydrogen) atoms. The van der Waals surface area contributed by atoms with E-state index in [0.717, 1.165) is 4.90 Å². The fourth-order valence-corrected chi connectivity index (χ4v) is 5.68. The van der Waals surface area contributed by atoms with Crippen LogP contribution in [0.2, 0.25) is 0 Å². The molecule has 2 aromatic rings. The number of alkyl halides is 3. The predicted molar refractivity (Wildman–Crippen MR) is 153 cm³/mol. The molecule has 0 spiro atoms. The lowest BCUT2D eigenvalue weighted by Crippen LogP contribution is -2.53. The highest BCUT2D eigenvalue weighted by Crippen LogP contribution is 2.39. The molecule has 2 fully saturated rings. The number of carbonyl (C=O) groups excluding carboxylic acids is 1. The van der Waals surface area contributed by atoms with Crippen LogP contribution in [0.3, 0.4) is 0 Å². The minimum Gasteiger partial charge on any atom is -0.494 e. The number of morpholine rings is 1. The molecule has 2 aromatic carbocycles. The number of halogens is 5. The number of rotatable bonds is 7. The highest BCUT2D eigenvalue weighted by atomic mass is 19.4. The van der Waals surface area contributed by atoms with Crippen LogP contribution in [-0.4, -0.2) is 79.9 Å². The number of nitrogens with one attached hydrogen (secondary N) is 1. The van der Waals surface area contributed by atoms with E-state index in [4.69, 9.17) is 18.8 Å². The molecule has 1 amide bonds. The van der Waals surface area contributed by atoms with Crippen molar-refractivity contribution in [2.45, 2.75) is 76.4 Å². The molecule has 2 N–H and O–H groups in total. The van der Waals surface area contributed by atoms with E-state index in [0.29, 0.717) is 53.9 Å². The van der Waals surface area contributed by atoms with Crippen molar-refractivity contribution < 1.29 is 55.4 Å². The van der Waals surface area contributed by atoms with Crippen molar-refractivity contribution >= 4 is 30.1 Å². The van der Waals surface area contributed by atoms with Crippen LogP contribution in [0.4, 0.5) is 27.6 Å². The predicted octanol–water partition coefficient (Wildman–Crippen LogP) is 3.78. The summed E-state index contributed by atoms with van der Waals surface area (Å²) < 4.78 is 94.0. The summed E-state index contributed by atoms with van der Waals surface area (Å²) in [5, 5.41) is 12.1. The number of anilines is 1. The number of carboxylic acids is 1. The van der Waals surface area contributed by atoms with Gasteiger partial charge in [0.1, 0.15) is 35.0 Å². The van der Waals surface area contributed by atoms with Crippen molar-refractivity contribution in [3.05, 3.63) is 52.6 Å². The van der Waals surface area contributed by atoms with Gasteiger partial charge >= 0.3 is 19.3 Å². The monoisotopic (exact) mass is 640 g/mol. The minimum atomic E-state index is -4.73. The first-order valence-corrected chi connectivity index (χ1v) is 14.6. The second kappa shape index (κ2) is 12.1. The Hall–Kier alpha value is -3.43. The molecule has 2 atom stereocenters. The lowest BCUT2D eigenvalue weighted by atomic mass is 9.75. The molecule has 2 saturated heterocycles. The van der Waals surface area contributed by atoms with Crippen LogP contribution >= 0.6 is 0 Å². The van der Waals surface area contributed by atoms with Crippen LogP contribution in [0, 0.1) is 11.6 Å². The highest BCUT2D eigenvalue weighted by Gasteiger charge is 2.53. The van der Waals surface area contributed by atoms with E-state index in [1.165, 1.54) is 0 Å². The number of hydrogen-bond donors (Lipinski definition) is 2. The van der Waals surface area contributed by atoms with Gasteiger partial charge in [-0.25, -0.2) is 13.6 Å². The molecule has 2 unspecified atom stereocenters. The van der Waals surface area contributed by atoms with Gasteiger partial charge in [0.25, 0.3) is 5.91 Å². The van der Waals surface area contributed by atoms with Gasteiger partial charge in [-0.2, -0.15) is 13.2 Å². The van der Waals surface area contributed by atoms with E-state index in [1.807, 2.05) is 27.7 Å². The van der Waals surface area contributed by atoms with Gasteiger partial charge in [0.05, 0.1) is 31.0 Å². The fraction of sp³-hybridized carbons (Fsp3) is 0.533. The Morgan fingerprint density at radius 1 is 1.09 bits per heavy atom. The van der Waals surface area contributed by atoms with Gasteiger partial charge in [-0.1, -0.05) is 12.1 Å². The average molecular weight is 640 g/mol. The Kier molecular flexibility index (Phi) is 8.84.